The highest BCUT2D eigenvalue weighted by Crippen LogP contribution is 2.13. The molecule has 1 aromatic rings. The van der Waals surface area contributed by atoms with Crippen LogP contribution in [0.3, 0.4) is 0 Å². The lowest BCUT2D eigenvalue weighted by Gasteiger charge is -2.23. The molecule has 0 saturated carbocycles. The lowest BCUT2D eigenvalue weighted by atomic mass is 10.2. The highest BCUT2D eigenvalue weighted by atomic mass is 32.2. The van der Waals surface area contributed by atoms with Crippen LogP contribution < -0.4 is 5.32 Å². The largest absolute Gasteiger partial charge is 0.389 e. The molecule has 0 aliphatic rings. The minimum absolute atomic E-state index is 0.226. The predicted molar refractivity (Wildman–Crippen MR) is 81.8 cm³/mol. The summed E-state index contributed by atoms with van der Waals surface area (Å²) in [5, 5.41) is 14.7. The summed E-state index contributed by atoms with van der Waals surface area (Å²) >= 11 is 1.61. The molecule has 0 aliphatic heterocycles. The Labute approximate surface area is 124 Å². The first kappa shape index (κ1) is 17.6. The van der Waals surface area contributed by atoms with E-state index in [9.17, 15) is 13.5 Å². The molecule has 1 rings (SSSR count). The molecule has 116 valence electrons. The molecule has 0 fully saturated rings. The molecule has 0 radical (unpaired) electrons. The molecule has 0 spiro atoms. The van der Waals surface area contributed by atoms with E-state index in [1.165, 1.54) is 6.26 Å². The molecule has 1 atom stereocenters. The topological polar surface area (TPSA) is 75.6 Å². The van der Waals surface area contributed by atoms with Gasteiger partial charge in [0.15, 0.2) is 9.84 Å². The van der Waals surface area contributed by atoms with E-state index in [0.29, 0.717) is 19.7 Å². The maximum atomic E-state index is 11.5. The molecule has 7 heteroatoms. The van der Waals surface area contributed by atoms with E-state index in [1.54, 1.807) is 25.2 Å². The summed E-state index contributed by atoms with van der Waals surface area (Å²) in [5.74, 6) is 0. The first-order valence-electron chi connectivity index (χ1n) is 6.41. The maximum Gasteiger partial charge on any atom is 0.153 e. The van der Waals surface area contributed by atoms with Gasteiger partial charge >= 0.3 is 0 Å². The van der Waals surface area contributed by atoms with Gasteiger partial charge in [0.05, 0.1) is 24.1 Å². The van der Waals surface area contributed by atoms with Gasteiger partial charge in [-0.2, -0.15) is 0 Å². The zero-order valence-corrected chi connectivity index (χ0v) is 13.8. The molecule has 0 bridgehead atoms. The number of nitrogens with one attached hydrogen (secondary N) is 1. The SMILES string of the molecule is CC(C)(CNCC(O)COCc1cccs1)S(C)(=O)=O. The predicted octanol–water partition coefficient (Wildman–Crippen LogP) is 1.04. The highest BCUT2D eigenvalue weighted by molar-refractivity contribution is 7.92. The summed E-state index contributed by atoms with van der Waals surface area (Å²) in [6.45, 7) is 4.65. The second-order valence-corrected chi connectivity index (χ2v) is 9.09. The molecule has 1 aromatic heterocycles. The van der Waals surface area contributed by atoms with Crippen molar-refractivity contribution in [3.8, 4) is 0 Å². The van der Waals surface area contributed by atoms with Crippen molar-refractivity contribution in [1.29, 1.82) is 0 Å². The Morgan fingerprint density at radius 1 is 1.50 bits per heavy atom. The summed E-state index contributed by atoms with van der Waals surface area (Å²) in [5.41, 5.74) is 0. The van der Waals surface area contributed by atoms with Crippen LogP contribution in [-0.4, -0.2) is 50.3 Å². The normalized spacial score (nSPS) is 14.4. The van der Waals surface area contributed by atoms with Gasteiger partial charge in [-0.1, -0.05) is 6.07 Å². The number of hydrogen-bond acceptors (Lipinski definition) is 6. The summed E-state index contributed by atoms with van der Waals surface area (Å²) in [6.07, 6.45) is 0.570. The summed E-state index contributed by atoms with van der Waals surface area (Å²) < 4.78 is 27.6. The van der Waals surface area contributed by atoms with Crippen molar-refractivity contribution in [2.45, 2.75) is 31.3 Å². The number of aliphatic hydroxyl groups excluding tert-OH is 1. The fourth-order valence-corrected chi connectivity index (χ4v) is 2.42. The minimum Gasteiger partial charge on any atom is -0.389 e. The molecular formula is C13H23NO4S2. The van der Waals surface area contributed by atoms with Crippen molar-refractivity contribution in [2.75, 3.05) is 26.0 Å². The Balaban J connectivity index is 2.18. The van der Waals surface area contributed by atoms with E-state index in [1.807, 2.05) is 17.5 Å². The van der Waals surface area contributed by atoms with Gasteiger partial charge in [-0.3, -0.25) is 0 Å². The van der Waals surface area contributed by atoms with Crippen LogP contribution >= 0.6 is 11.3 Å². The van der Waals surface area contributed by atoms with E-state index >= 15 is 0 Å². The molecule has 5 nitrogen and oxygen atoms in total. The Morgan fingerprint density at radius 2 is 2.20 bits per heavy atom. The Morgan fingerprint density at radius 3 is 2.75 bits per heavy atom. The summed E-state index contributed by atoms with van der Waals surface area (Å²) in [4.78, 5) is 1.11. The number of ether oxygens (including phenoxy) is 1. The maximum absolute atomic E-state index is 11.5. The lowest BCUT2D eigenvalue weighted by molar-refractivity contribution is 0.0297. The van der Waals surface area contributed by atoms with Gasteiger partial charge in [0.2, 0.25) is 0 Å². The third-order valence-electron chi connectivity index (χ3n) is 3.07. The van der Waals surface area contributed by atoms with E-state index in [-0.39, 0.29) is 6.61 Å². The van der Waals surface area contributed by atoms with Crippen LogP contribution in [0.2, 0.25) is 0 Å². The van der Waals surface area contributed by atoms with Crippen molar-refractivity contribution in [3.63, 3.8) is 0 Å². The Bertz CT molecular complexity index is 482. The van der Waals surface area contributed by atoms with E-state index < -0.39 is 20.7 Å². The average molecular weight is 321 g/mol. The van der Waals surface area contributed by atoms with Crippen molar-refractivity contribution < 1.29 is 18.3 Å². The van der Waals surface area contributed by atoms with Gasteiger partial charge in [-0.15, -0.1) is 11.3 Å². The van der Waals surface area contributed by atoms with Gasteiger partial charge in [0, 0.05) is 24.2 Å². The van der Waals surface area contributed by atoms with Gasteiger partial charge in [-0.25, -0.2) is 8.42 Å². The van der Waals surface area contributed by atoms with Crippen molar-refractivity contribution in [2.24, 2.45) is 0 Å². The van der Waals surface area contributed by atoms with Crippen LogP contribution in [0.1, 0.15) is 18.7 Å². The summed E-state index contributed by atoms with van der Waals surface area (Å²) in [6, 6.07) is 3.93. The molecule has 1 unspecified atom stereocenters. The quantitative estimate of drug-likeness (QED) is 0.711. The van der Waals surface area contributed by atoms with Crippen LogP contribution in [0.15, 0.2) is 17.5 Å². The van der Waals surface area contributed by atoms with Crippen LogP contribution in [0.25, 0.3) is 0 Å². The fraction of sp³-hybridized carbons (Fsp3) is 0.692. The zero-order valence-electron chi connectivity index (χ0n) is 12.1. The average Bonchev–Trinajstić information content (AvgIpc) is 2.80. The lowest BCUT2D eigenvalue weighted by Crippen LogP contribution is -2.44. The summed E-state index contributed by atoms with van der Waals surface area (Å²) in [7, 11) is -3.12. The second-order valence-electron chi connectivity index (χ2n) is 5.41. The van der Waals surface area contributed by atoms with Crippen molar-refractivity contribution in [1.82, 2.24) is 5.32 Å². The van der Waals surface area contributed by atoms with E-state index in [2.05, 4.69) is 5.32 Å². The molecule has 2 N–H and O–H groups in total. The molecule has 0 amide bonds. The minimum atomic E-state index is -3.12. The van der Waals surface area contributed by atoms with Gasteiger partial charge in [0.1, 0.15) is 0 Å². The number of hydrogen-bond donors (Lipinski definition) is 2. The van der Waals surface area contributed by atoms with Crippen molar-refractivity contribution >= 4 is 21.2 Å². The van der Waals surface area contributed by atoms with Gasteiger partial charge in [0.25, 0.3) is 0 Å². The third kappa shape index (κ3) is 5.88. The van der Waals surface area contributed by atoms with E-state index in [4.69, 9.17) is 4.74 Å². The molecular weight excluding hydrogens is 298 g/mol. The smallest absolute Gasteiger partial charge is 0.153 e. The number of thiophene rings is 1. The monoisotopic (exact) mass is 321 g/mol. The highest BCUT2D eigenvalue weighted by Gasteiger charge is 2.29. The Hall–Kier alpha value is -0.470. The second kappa shape index (κ2) is 7.51. The third-order valence-corrected chi connectivity index (χ3v) is 6.07. The molecule has 0 saturated heterocycles. The van der Waals surface area contributed by atoms with Crippen LogP contribution in [0.4, 0.5) is 0 Å². The van der Waals surface area contributed by atoms with Crippen LogP contribution in [-0.2, 0) is 21.2 Å². The van der Waals surface area contributed by atoms with Gasteiger partial charge in [-0.05, 0) is 25.3 Å². The first-order valence-corrected chi connectivity index (χ1v) is 9.18. The molecule has 0 aromatic carbocycles. The zero-order chi connectivity index (χ0) is 15.2. The first-order chi connectivity index (χ1) is 9.22. The molecule has 20 heavy (non-hydrogen) atoms. The molecule has 1 heterocycles. The van der Waals surface area contributed by atoms with Gasteiger partial charge < -0.3 is 15.2 Å². The fourth-order valence-electron chi connectivity index (χ4n) is 1.42. The number of aliphatic hydroxyl groups is 1. The van der Waals surface area contributed by atoms with Crippen LogP contribution in [0, 0.1) is 0 Å². The van der Waals surface area contributed by atoms with E-state index in [0.717, 1.165) is 4.88 Å². The Kier molecular flexibility index (Phi) is 6.60. The standard InChI is InChI=1S/C13H23NO4S2/c1-13(2,20(3,16)17)10-14-7-11(15)8-18-9-12-5-4-6-19-12/h4-6,11,14-15H,7-10H2,1-3H3. The van der Waals surface area contributed by atoms with Crippen molar-refractivity contribution in [3.05, 3.63) is 22.4 Å². The van der Waals surface area contributed by atoms with Crippen LogP contribution in [0.5, 0.6) is 0 Å². The molecule has 0 aliphatic carbocycles. The number of sulfone groups is 1. The number of rotatable bonds is 9.